The van der Waals surface area contributed by atoms with Crippen LogP contribution < -0.4 is 0 Å². The summed E-state index contributed by atoms with van der Waals surface area (Å²) < 4.78 is 17.2. The van der Waals surface area contributed by atoms with Crippen LogP contribution in [0.4, 0.5) is 0 Å². The molecule has 4 aliphatic heterocycles. The van der Waals surface area contributed by atoms with E-state index < -0.39 is 41.6 Å². The maximum Gasteiger partial charge on any atom is 0.312 e. The number of ether oxygens (including phenoxy) is 3. The molecule has 202 valence electrons. The fraction of sp³-hybridized carbons (Fsp3) is 0.800. The fourth-order valence-corrected chi connectivity index (χ4v) is 7.31. The van der Waals surface area contributed by atoms with Crippen molar-refractivity contribution in [2.24, 2.45) is 11.8 Å². The number of alkyl halides is 1. The molecule has 4 aliphatic rings. The van der Waals surface area contributed by atoms with Gasteiger partial charge in [-0.3, -0.25) is 19.3 Å². The van der Waals surface area contributed by atoms with Gasteiger partial charge < -0.3 is 29.1 Å². The summed E-state index contributed by atoms with van der Waals surface area (Å²) in [5.74, 6) is -2.66. The molecule has 1 unspecified atom stereocenters. The van der Waals surface area contributed by atoms with Crippen molar-refractivity contribution in [1.29, 1.82) is 0 Å². The summed E-state index contributed by atoms with van der Waals surface area (Å²) in [6.45, 7) is 11.7. The number of hydrogen-bond acceptors (Lipinski definition) is 8. The molecular formula is C25H38BrN3O7. The van der Waals surface area contributed by atoms with Crippen molar-refractivity contribution in [1.82, 2.24) is 14.7 Å². The molecular weight excluding hydrogens is 534 g/mol. The second kappa shape index (κ2) is 11.5. The number of esters is 1. The third kappa shape index (κ3) is 4.62. The van der Waals surface area contributed by atoms with Crippen molar-refractivity contribution in [2.45, 2.75) is 55.3 Å². The van der Waals surface area contributed by atoms with Gasteiger partial charge in [-0.25, -0.2) is 0 Å². The molecule has 0 saturated carbocycles. The van der Waals surface area contributed by atoms with Crippen LogP contribution in [0.1, 0.15) is 26.7 Å². The van der Waals surface area contributed by atoms with E-state index >= 15 is 0 Å². The van der Waals surface area contributed by atoms with Crippen molar-refractivity contribution >= 4 is 33.7 Å². The van der Waals surface area contributed by atoms with Crippen LogP contribution in [0, 0.1) is 11.8 Å². The minimum atomic E-state index is -1.16. The van der Waals surface area contributed by atoms with E-state index in [1.54, 1.807) is 17.9 Å². The number of morpholine rings is 1. The van der Waals surface area contributed by atoms with Gasteiger partial charge in [0.25, 0.3) is 0 Å². The van der Waals surface area contributed by atoms with Crippen molar-refractivity contribution in [3.63, 3.8) is 0 Å². The second-order valence-electron chi connectivity index (χ2n) is 9.93. The van der Waals surface area contributed by atoms with Gasteiger partial charge in [0.15, 0.2) is 0 Å². The summed E-state index contributed by atoms with van der Waals surface area (Å²) in [5, 5.41) is 10.2. The number of aliphatic hydroxyl groups is 1. The van der Waals surface area contributed by atoms with Crippen LogP contribution >= 0.6 is 15.9 Å². The summed E-state index contributed by atoms with van der Waals surface area (Å²) >= 11 is 3.65. The van der Waals surface area contributed by atoms with Crippen LogP contribution in [0.5, 0.6) is 0 Å². The molecule has 1 spiro atoms. The van der Waals surface area contributed by atoms with Gasteiger partial charge in [0.1, 0.15) is 11.6 Å². The molecule has 2 bridgehead atoms. The smallest absolute Gasteiger partial charge is 0.312 e. The Bertz CT molecular complexity index is 850. The Kier molecular flexibility index (Phi) is 8.76. The van der Waals surface area contributed by atoms with Gasteiger partial charge >= 0.3 is 5.97 Å². The molecule has 11 heteroatoms. The first kappa shape index (κ1) is 27.5. The third-order valence-electron chi connectivity index (χ3n) is 8.05. The van der Waals surface area contributed by atoms with Gasteiger partial charge in [0, 0.05) is 37.6 Å². The zero-order valence-corrected chi connectivity index (χ0v) is 22.7. The maximum atomic E-state index is 14.3. The highest BCUT2D eigenvalue weighted by molar-refractivity contribution is 9.09. The molecule has 0 radical (unpaired) electrons. The Morgan fingerprint density at radius 2 is 2.08 bits per heavy atom. The minimum absolute atomic E-state index is 0.192. The molecule has 4 rings (SSSR count). The van der Waals surface area contributed by atoms with Crippen LogP contribution in [-0.2, 0) is 28.6 Å². The first-order chi connectivity index (χ1) is 17.3. The lowest BCUT2D eigenvalue weighted by molar-refractivity contribution is -0.156. The number of carbonyl (C=O) groups excluding carboxylic acids is 3. The molecule has 0 aromatic heterocycles. The van der Waals surface area contributed by atoms with E-state index in [2.05, 4.69) is 27.4 Å². The van der Waals surface area contributed by atoms with Crippen molar-refractivity contribution < 1.29 is 33.7 Å². The molecule has 0 aromatic carbocycles. The van der Waals surface area contributed by atoms with Crippen molar-refractivity contribution in [3.05, 3.63) is 12.7 Å². The number of likely N-dealkylation sites (tertiary alicyclic amines) is 1. The lowest BCUT2D eigenvalue weighted by atomic mass is 9.70. The Morgan fingerprint density at radius 1 is 1.36 bits per heavy atom. The first-order valence-electron chi connectivity index (χ1n) is 13.0. The normalized spacial score (nSPS) is 34.5. The Hall–Kier alpha value is -1.53. The zero-order chi connectivity index (χ0) is 26.0. The summed E-state index contributed by atoms with van der Waals surface area (Å²) in [4.78, 5) is 46.5. The third-order valence-corrected chi connectivity index (χ3v) is 8.89. The SMILES string of the molecule is C=CCN(CCN1CCOCC1)C(=O)[C@H]1N([C@@H](CC)CO)C(=O)[C@@H]2[C@@H](C(=O)OCC)[C@@H]3O[C@@]21CC3Br. The highest BCUT2D eigenvalue weighted by atomic mass is 79.9. The summed E-state index contributed by atoms with van der Waals surface area (Å²) in [5.41, 5.74) is -1.16. The van der Waals surface area contributed by atoms with E-state index in [1.807, 2.05) is 6.92 Å². The molecule has 36 heavy (non-hydrogen) atoms. The number of amides is 2. The number of halogens is 1. The number of carbonyl (C=O) groups is 3. The van der Waals surface area contributed by atoms with Gasteiger partial charge in [-0.1, -0.05) is 28.9 Å². The highest BCUT2D eigenvalue weighted by Crippen LogP contribution is 2.60. The van der Waals surface area contributed by atoms with E-state index in [-0.39, 0.29) is 29.9 Å². The molecule has 4 fully saturated rings. The molecule has 2 amide bonds. The second-order valence-corrected chi connectivity index (χ2v) is 11.1. The predicted molar refractivity (Wildman–Crippen MR) is 134 cm³/mol. The van der Waals surface area contributed by atoms with E-state index in [0.717, 1.165) is 13.1 Å². The van der Waals surface area contributed by atoms with Gasteiger partial charge in [0.2, 0.25) is 11.8 Å². The molecule has 0 aliphatic carbocycles. The molecule has 4 heterocycles. The summed E-state index contributed by atoms with van der Waals surface area (Å²) in [6.07, 6.45) is 2.02. The monoisotopic (exact) mass is 571 g/mol. The van der Waals surface area contributed by atoms with Crippen LogP contribution in [0.3, 0.4) is 0 Å². The van der Waals surface area contributed by atoms with Crippen LogP contribution in [0.2, 0.25) is 0 Å². The van der Waals surface area contributed by atoms with Crippen LogP contribution in [0.25, 0.3) is 0 Å². The lowest BCUT2D eigenvalue weighted by Gasteiger charge is -2.39. The molecule has 0 aromatic rings. The van der Waals surface area contributed by atoms with Crippen molar-refractivity contribution in [2.75, 3.05) is 59.2 Å². The van der Waals surface area contributed by atoms with Crippen LogP contribution in [0.15, 0.2) is 12.7 Å². The highest BCUT2D eigenvalue weighted by Gasteiger charge is 2.77. The Morgan fingerprint density at radius 3 is 2.69 bits per heavy atom. The van der Waals surface area contributed by atoms with E-state index in [4.69, 9.17) is 14.2 Å². The Labute approximate surface area is 221 Å². The standard InChI is InChI=1S/C25H38BrN3O7/c1-4-7-28(9-8-27-10-12-34-13-11-27)23(32)21-25-14-17(26)20(36-25)18(24(33)35-6-3)19(25)22(31)29(21)16(5-2)15-30/h4,16-21,30H,1,5-15H2,2-3H3/t16-,17?,18+,19-,20+,21+,25-/m0/s1. The fourth-order valence-electron chi connectivity index (χ4n) is 6.37. The Balaban J connectivity index is 1.68. The maximum absolute atomic E-state index is 14.3. The van der Waals surface area contributed by atoms with Gasteiger partial charge in [0.05, 0.1) is 50.4 Å². The number of hydrogen-bond donors (Lipinski definition) is 1. The predicted octanol–water partition coefficient (Wildman–Crippen LogP) is 0.415. The van der Waals surface area contributed by atoms with Crippen molar-refractivity contribution in [3.8, 4) is 0 Å². The number of aliphatic hydroxyl groups excluding tert-OH is 1. The average molecular weight is 572 g/mol. The van der Waals surface area contributed by atoms with E-state index in [0.29, 0.717) is 45.7 Å². The minimum Gasteiger partial charge on any atom is -0.466 e. The van der Waals surface area contributed by atoms with Gasteiger partial charge in [-0.05, 0) is 19.8 Å². The number of nitrogens with zero attached hydrogens (tertiary/aromatic N) is 3. The quantitative estimate of drug-likeness (QED) is 0.216. The van der Waals surface area contributed by atoms with Crippen LogP contribution in [-0.4, -0.2) is 125 Å². The van der Waals surface area contributed by atoms with E-state index in [9.17, 15) is 19.5 Å². The van der Waals surface area contributed by atoms with Gasteiger partial charge in [-0.2, -0.15) is 0 Å². The topological polar surface area (TPSA) is 109 Å². The summed E-state index contributed by atoms with van der Waals surface area (Å²) in [6, 6.07) is -1.50. The molecule has 4 saturated heterocycles. The largest absolute Gasteiger partial charge is 0.466 e. The summed E-state index contributed by atoms with van der Waals surface area (Å²) in [7, 11) is 0. The van der Waals surface area contributed by atoms with Gasteiger partial charge in [-0.15, -0.1) is 6.58 Å². The first-order valence-corrected chi connectivity index (χ1v) is 13.9. The molecule has 1 N–H and O–H groups in total. The zero-order valence-electron chi connectivity index (χ0n) is 21.1. The number of fused-ring (bicyclic) bond motifs is 1. The lowest BCUT2D eigenvalue weighted by Crippen LogP contribution is -2.59. The average Bonchev–Trinajstić information content (AvgIpc) is 3.47. The van der Waals surface area contributed by atoms with E-state index in [1.165, 1.54) is 4.90 Å². The number of rotatable bonds is 11. The molecule has 10 nitrogen and oxygen atoms in total. The molecule has 7 atom stereocenters.